The van der Waals surface area contributed by atoms with Gasteiger partial charge < -0.3 is 15.4 Å². The maximum absolute atomic E-state index is 11.0. The van der Waals surface area contributed by atoms with Gasteiger partial charge in [-0.2, -0.15) is 0 Å². The Kier molecular flexibility index (Phi) is 3.61. The summed E-state index contributed by atoms with van der Waals surface area (Å²) >= 11 is 0. The van der Waals surface area contributed by atoms with Crippen LogP contribution in [-0.4, -0.2) is 36.7 Å². The molecule has 2 N–H and O–H groups in total. The quantitative estimate of drug-likeness (QED) is 0.635. The molecular formula is C11H16N4O3. The topological polar surface area (TPSA) is 94.5 Å². The molecule has 1 aliphatic rings. The van der Waals surface area contributed by atoms with E-state index in [1.165, 1.54) is 12.1 Å². The normalized spacial score (nSPS) is 19.2. The summed E-state index contributed by atoms with van der Waals surface area (Å²) in [4.78, 5) is 16.5. The van der Waals surface area contributed by atoms with Crippen molar-refractivity contribution in [2.75, 3.05) is 37.4 Å². The van der Waals surface area contributed by atoms with Gasteiger partial charge in [0, 0.05) is 32.2 Å². The van der Waals surface area contributed by atoms with Crippen LogP contribution in [0.5, 0.6) is 0 Å². The summed E-state index contributed by atoms with van der Waals surface area (Å²) in [7, 11) is 1.66. The number of nitro groups is 1. The van der Waals surface area contributed by atoms with Crippen molar-refractivity contribution in [3.8, 4) is 0 Å². The summed E-state index contributed by atoms with van der Waals surface area (Å²) in [5.74, 6) is 1.04. The zero-order valence-corrected chi connectivity index (χ0v) is 10.2. The lowest BCUT2D eigenvalue weighted by Gasteiger charge is -2.17. The van der Waals surface area contributed by atoms with Gasteiger partial charge in [-0.05, 0) is 12.5 Å². The molecule has 0 amide bonds. The Morgan fingerprint density at radius 1 is 1.67 bits per heavy atom. The number of methoxy groups -OCH3 is 1. The van der Waals surface area contributed by atoms with E-state index >= 15 is 0 Å². The van der Waals surface area contributed by atoms with Crippen LogP contribution in [0.4, 0.5) is 17.3 Å². The second-order valence-electron chi connectivity index (χ2n) is 4.39. The molecule has 1 fully saturated rings. The van der Waals surface area contributed by atoms with Gasteiger partial charge in [0.2, 0.25) is 5.82 Å². The van der Waals surface area contributed by atoms with E-state index < -0.39 is 4.92 Å². The van der Waals surface area contributed by atoms with E-state index in [0.29, 0.717) is 30.7 Å². The lowest BCUT2D eigenvalue weighted by molar-refractivity contribution is -0.384. The lowest BCUT2D eigenvalue weighted by atomic mass is 10.1. The number of anilines is 2. The summed E-state index contributed by atoms with van der Waals surface area (Å²) in [5, 5.41) is 11.0. The molecule has 18 heavy (non-hydrogen) atoms. The van der Waals surface area contributed by atoms with E-state index in [-0.39, 0.29) is 5.69 Å². The van der Waals surface area contributed by atoms with Crippen LogP contribution in [0.25, 0.3) is 0 Å². The first kappa shape index (κ1) is 12.6. The molecule has 1 aliphatic heterocycles. The van der Waals surface area contributed by atoms with Gasteiger partial charge in [0.1, 0.15) is 5.82 Å². The number of pyridine rings is 1. The Morgan fingerprint density at radius 3 is 3.11 bits per heavy atom. The van der Waals surface area contributed by atoms with Crippen LogP contribution in [0.1, 0.15) is 6.42 Å². The minimum atomic E-state index is -0.425. The van der Waals surface area contributed by atoms with Crippen molar-refractivity contribution in [3.05, 3.63) is 22.2 Å². The maximum atomic E-state index is 11.0. The predicted molar refractivity (Wildman–Crippen MR) is 67.5 cm³/mol. The van der Waals surface area contributed by atoms with Crippen molar-refractivity contribution in [3.63, 3.8) is 0 Å². The van der Waals surface area contributed by atoms with Gasteiger partial charge in [-0.15, -0.1) is 0 Å². The molecule has 0 radical (unpaired) electrons. The largest absolute Gasteiger partial charge is 0.384 e. The Balaban J connectivity index is 2.23. The van der Waals surface area contributed by atoms with Gasteiger partial charge in [-0.3, -0.25) is 10.1 Å². The summed E-state index contributed by atoms with van der Waals surface area (Å²) in [6, 6.07) is 2.85. The van der Waals surface area contributed by atoms with E-state index in [2.05, 4.69) is 4.98 Å². The van der Waals surface area contributed by atoms with Crippen LogP contribution < -0.4 is 10.6 Å². The minimum absolute atomic E-state index is 0.00210. The summed E-state index contributed by atoms with van der Waals surface area (Å²) < 4.78 is 5.11. The number of nitrogen functional groups attached to an aromatic ring is 1. The number of ether oxygens (including phenoxy) is 1. The second-order valence-corrected chi connectivity index (χ2v) is 4.39. The van der Waals surface area contributed by atoms with Crippen molar-refractivity contribution in [2.24, 2.45) is 5.92 Å². The highest BCUT2D eigenvalue weighted by Crippen LogP contribution is 2.31. The SMILES string of the molecule is COCC1CCN(c2nc(N)ccc2[N+](=O)[O-])C1. The molecule has 1 aromatic heterocycles. The zero-order chi connectivity index (χ0) is 13.1. The number of rotatable bonds is 4. The van der Waals surface area contributed by atoms with Crippen LogP contribution in [0.15, 0.2) is 12.1 Å². The molecule has 7 heteroatoms. The first-order valence-corrected chi connectivity index (χ1v) is 5.76. The molecule has 2 rings (SSSR count). The van der Waals surface area contributed by atoms with Gasteiger partial charge in [-0.25, -0.2) is 4.98 Å². The van der Waals surface area contributed by atoms with Gasteiger partial charge in [-0.1, -0.05) is 0 Å². The van der Waals surface area contributed by atoms with E-state index in [9.17, 15) is 10.1 Å². The van der Waals surface area contributed by atoms with Crippen LogP contribution in [-0.2, 0) is 4.74 Å². The van der Waals surface area contributed by atoms with Crippen LogP contribution >= 0.6 is 0 Å². The lowest BCUT2D eigenvalue weighted by Crippen LogP contribution is -2.23. The molecule has 0 aliphatic carbocycles. The first-order valence-electron chi connectivity index (χ1n) is 5.76. The summed E-state index contributed by atoms with van der Waals surface area (Å²) in [6.45, 7) is 2.11. The van der Waals surface area contributed by atoms with E-state index in [4.69, 9.17) is 10.5 Å². The fourth-order valence-corrected chi connectivity index (χ4v) is 2.23. The van der Waals surface area contributed by atoms with Crippen molar-refractivity contribution < 1.29 is 9.66 Å². The van der Waals surface area contributed by atoms with Crippen molar-refractivity contribution in [2.45, 2.75) is 6.42 Å². The van der Waals surface area contributed by atoms with Gasteiger partial charge in [0.05, 0.1) is 11.5 Å². The molecule has 1 atom stereocenters. The Morgan fingerprint density at radius 2 is 2.44 bits per heavy atom. The Bertz CT molecular complexity index is 452. The Labute approximate surface area is 105 Å². The smallest absolute Gasteiger partial charge is 0.311 e. The van der Waals surface area contributed by atoms with Crippen molar-refractivity contribution in [1.29, 1.82) is 0 Å². The van der Waals surface area contributed by atoms with E-state index in [0.717, 1.165) is 13.0 Å². The molecule has 1 saturated heterocycles. The number of aromatic nitrogens is 1. The first-order chi connectivity index (χ1) is 8.61. The molecule has 0 saturated carbocycles. The van der Waals surface area contributed by atoms with Gasteiger partial charge in [0.15, 0.2) is 0 Å². The molecule has 7 nitrogen and oxygen atoms in total. The number of nitrogens with two attached hydrogens (primary N) is 1. The average Bonchev–Trinajstić information content (AvgIpc) is 2.77. The number of nitrogens with zero attached hydrogens (tertiary/aromatic N) is 3. The van der Waals surface area contributed by atoms with Crippen LogP contribution in [0.3, 0.4) is 0 Å². The summed E-state index contributed by atoms with van der Waals surface area (Å²) in [5.41, 5.74) is 5.61. The number of hydrogen-bond donors (Lipinski definition) is 1. The maximum Gasteiger partial charge on any atom is 0.311 e. The van der Waals surface area contributed by atoms with Crippen molar-refractivity contribution >= 4 is 17.3 Å². The zero-order valence-electron chi connectivity index (χ0n) is 10.2. The van der Waals surface area contributed by atoms with Crippen LogP contribution in [0, 0.1) is 16.0 Å². The van der Waals surface area contributed by atoms with Crippen molar-refractivity contribution in [1.82, 2.24) is 4.98 Å². The summed E-state index contributed by atoms with van der Waals surface area (Å²) in [6.07, 6.45) is 0.946. The molecule has 1 unspecified atom stereocenters. The monoisotopic (exact) mass is 252 g/mol. The molecule has 98 valence electrons. The molecule has 0 spiro atoms. The molecular weight excluding hydrogens is 236 g/mol. The Hall–Kier alpha value is -1.89. The number of hydrogen-bond acceptors (Lipinski definition) is 6. The third-order valence-electron chi connectivity index (χ3n) is 3.06. The fourth-order valence-electron chi connectivity index (χ4n) is 2.23. The standard InChI is InChI=1S/C11H16N4O3/c1-18-7-8-4-5-14(6-8)11-9(15(16)17)2-3-10(12)13-11/h2-3,8H,4-7H2,1H3,(H2,12,13). The highest BCUT2D eigenvalue weighted by Gasteiger charge is 2.28. The average molecular weight is 252 g/mol. The molecule has 2 heterocycles. The fraction of sp³-hybridized carbons (Fsp3) is 0.545. The van der Waals surface area contributed by atoms with Gasteiger partial charge in [0.25, 0.3) is 0 Å². The van der Waals surface area contributed by atoms with E-state index in [1.54, 1.807) is 7.11 Å². The minimum Gasteiger partial charge on any atom is -0.384 e. The third kappa shape index (κ3) is 2.51. The highest BCUT2D eigenvalue weighted by atomic mass is 16.6. The van der Waals surface area contributed by atoms with E-state index in [1.807, 2.05) is 4.90 Å². The molecule has 1 aromatic rings. The second kappa shape index (κ2) is 5.18. The molecule has 0 aromatic carbocycles. The predicted octanol–water partition coefficient (Wildman–Crippen LogP) is 1.04. The third-order valence-corrected chi connectivity index (χ3v) is 3.06. The highest BCUT2D eigenvalue weighted by molar-refractivity contribution is 5.61. The molecule has 0 bridgehead atoms. The van der Waals surface area contributed by atoms with Crippen LogP contribution in [0.2, 0.25) is 0 Å². The van der Waals surface area contributed by atoms with Gasteiger partial charge >= 0.3 is 5.69 Å².